The third-order valence-corrected chi connectivity index (χ3v) is 4.73. The van der Waals surface area contributed by atoms with E-state index in [0.29, 0.717) is 11.2 Å². The van der Waals surface area contributed by atoms with Gasteiger partial charge in [0.1, 0.15) is 0 Å². The minimum atomic E-state index is -0.768. The summed E-state index contributed by atoms with van der Waals surface area (Å²) in [6.07, 6.45) is 4.79. The van der Waals surface area contributed by atoms with Crippen LogP contribution < -0.4 is 11.5 Å². The van der Waals surface area contributed by atoms with Crippen molar-refractivity contribution in [2.75, 3.05) is 0 Å². The number of imide groups is 1. The van der Waals surface area contributed by atoms with E-state index >= 15 is 0 Å². The van der Waals surface area contributed by atoms with E-state index in [1.54, 1.807) is 0 Å². The molecule has 3 unspecified atom stereocenters. The molecule has 0 heterocycles. The van der Waals surface area contributed by atoms with Crippen molar-refractivity contribution >= 4 is 24.0 Å². The molecule has 0 radical (unpaired) electrons. The summed E-state index contributed by atoms with van der Waals surface area (Å²) in [6, 6.07) is -1.54. The maximum Gasteiger partial charge on any atom is 0.333 e. The maximum atomic E-state index is 11.0. The first kappa shape index (κ1) is 10.6. The molecule has 0 aliphatic heterocycles. The standard InChI is InChI=1S/C9H15N3O2S/c10-8(13)12(9(11)14)15-7-4-5-1-2-6(7)3-5/h5-7H,1-4H2,(H2,10,13)(H2,11,14). The number of fused-ring (bicyclic) bond motifs is 2. The summed E-state index contributed by atoms with van der Waals surface area (Å²) in [5, 5.41) is 0.337. The summed E-state index contributed by atoms with van der Waals surface area (Å²) in [5.74, 6) is 1.40. The molecule has 84 valence electrons. The second-order valence-electron chi connectivity index (χ2n) is 4.29. The number of hydrogen-bond donors (Lipinski definition) is 2. The number of urea groups is 2. The van der Waals surface area contributed by atoms with Crippen LogP contribution in [0.5, 0.6) is 0 Å². The Morgan fingerprint density at radius 3 is 2.20 bits per heavy atom. The summed E-state index contributed by atoms with van der Waals surface area (Å²) in [6.45, 7) is 0. The molecule has 2 aliphatic carbocycles. The van der Waals surface area contributed by atoms with Gasteiger partial charge >= 0.3 is 12.1 Å². The molecule has 15 heavy (non-hydrogen) atoms. The molecular formula is C9H15N3O2S. The molecule has 2 aliphatic rings. The second-order valence-corrected chi connectivity index (χ2v) is 5.47. The lowest BCUT2D eigenvalue weighted by Gasteiger charge is -2.25. The highest BCUT2D eigenvalue weighted by atomic mass is 32.2. The molecule has 0 aromatic carbocycles. The van der Waals surface area contributed by atoms with Gasteiger partial charge in [-0.15, -0.1) is 0 Å². The highest BCUT2D eigenvalue weighted by Gasteiger charge is 2.41. The van der Waals surface area contributed by atoms with Crippen LogP contribution in [0.15, 0.2) is 0 Å². The average molecular weight is 229 g/mol. The zero-order valence-corrected chi connectivity index (χ0v) is 9.20. The molecule has 0 aromatic rings. The van der Waals surface area contributed by atoms with Crippen molar-refractivity contribution in [2.45, 2.75) is 30.9 Å². The minimum Gasteiger partial charge on any atom is -0.350 e. The van der Waals surface area contributed by atoms with E-state index in [4.69, 9.17) is 11.5 Å². The number of rotatable bonds is 2. The Morgan fingerprint density at radius 1 is 1.13 bits per heavy atom. The second kappa shape index (κ2) is 3.92. The molecule has 4 N–H and O–H groups in total. The fraction of sp³-hybridized carbons (Fsp3) is 0.778. The minimum absolute atomic E-state index is 0.337. The van der Waals surface area contributed by atoms with E-state index in [1.165, 1.54) is 31.2 Å². The van der Waals surface area contributed by atoms with Gasteiger partial charge in [-0.1, -0.05) is 6.42 Å². The van der Waals surface area contributed by atoms with Crippen molar-refractivity contribution in [3.8, 4) is 0 Å². The van der Waals surface area contributed by atoms with Gasteiger partial charge in [0.2, 0.25) is 0 Å². The van der Waals surface area contributed by atoms with E-state index in [0.717, 1.165) is 16.6 Å². The van der Waals surface area contributed by atoms with Gasteiger partial charge in [0.25, 0.3) is 0 Å². The highest BCUT2D eigenvalue weighted by Crippen LogP contribution is 2.49. The topological polar surface area (TPSA) is 89.4 Å². The van der Waals surface area contributed by atoms with Crippen molar-refractivity contribution < 1.29 is 9.59 Å². The van der Waals surface area contributed by atoms with E-state index < -0.39 is 12.1 Å². The van der Waals surface area contributed by atoms with Crippen LogP contribution in [-0.4, -0.2) is 21.6 Å². The van der Waals surface area contributed by atoms with Gasteiger partial charge in [-0.25, -0.2) is 9.59 Å². The molecule has 5 nitrogen and oxygen atoms in total. The van der Waals surface area contributed by atoms with Gasteiger partial charge in [0.15, 0.2) is 0 Å². The smallest absolute Gasteiger partial charge is 0.333 e. The number of amides is 4. The van der Waals surface area contributed by atoms with Gasteiger partial charge in [-0.2, -0.15) is 4.31 Å². The lowest BCUT2D eigenvalue weighted by Crippen LogP contribution is -2.40. The largest absolute Gasteiger partial charge is 0.350 e. The third kappa shape index (κ3) is 2.04. The third-order valence-electron chi connectivity index (χ3n) is 3.31. The number of nitrogens with two attached hydrogens (primary N) is 2. The Kier molecular flexibility index (Phi) is 2.77. The molecule has 2 rings (SSSR count). The van der Waals surface area contributed by atoms with Gasteiger partial charge in [-0.05, 0) is 43.0 Å². The fourth-order valence-electron chi connectivity index (χ4n) is 2.66. The molecule has 0 aromatic heterocycles. The number of carbonyl (C=O) groups excluding carboxylic acids is 2. The van der Waals surface area contributed by atoms with Crippen LogP contribution in [-0.2, 0) is 0 Å². The van der Waals surface area contributed by atoms with E-state index in [2.05, 4.69) is 0 Å². The van der Waals surface area contributed by atoms with Gasteiger partial charge in [0, 0.05) is 5.25 Å². The monoisotopic (exact) mass is 229 g/mol. The van der Waals surface area contributed by atoms with Crippen molar-refractivity contribution in [1.82, 2.24) is 4.31 Å². The van der Waals surface area contributed by atoms with Crippen LogP contribution in [0.2, 0.25) is 0 Å². The molecule has 2 saturated carbocycles. The SMILES string of the molecule is NC(=O)N(SC1CC2CCC1C2)C(N)=O. The molecule has 3 atom stereocenters. The van der Waals surface area contributed by atoms with Crippen LogP contribution in [0.1, 0.15) is 25.7 Å². The number of nitrogens with zero attached hydrogens (tertiary/aromatic N) is 1. The lowest BCUT2D eigenvalue weighted by atomic mass is 10.0. The maximum absolute atomic E-state index is 11.0. The molecular weight excluding hydrogens is 214 g/mol. The first-order valence-electron chi connectivity index (χ1n) is 5.13. The zero-order valence-electron chi connectivity index (χ0n) is 8.39. The first-order chi connectivity index (χ1) is 7.08. The lowest BCUT2D eigenvalue weighted by molar-refractivity contribution is 0.220. The van der Waals surface area contributed by atoms with Crippen molar-refractivity contribution in [2.24, 2.45) is 23.3 Å². The molecule has 6 heteroatoms. The fourth-order valence-corrected chi connectivity index (χ4v) is 3.92. The van der Waals surface area contributed by atoms with E-state index in [-0.39, 0.29) is 0 Å². The first-order valence-corrected chi connectivity index (χ1v) is 5.97. The van der Waals surface area contributed by atoms with Crippen molar-refractivity contribution in [3.05, 3.63) is 0 Å². The van der Waals surface area contributed by atoms with Gasteiger partial charge in [-0.3, -0.25) is 0 Å². The molecule has 4 amide bonds. The molecule has 0 saturated heterocycles. The summed E-state index contributed by atoms with van der Waals surface area (Å²) >= 11 is 1.22. The quantitative estimate of drug-likeness (QED) is 0.699. The predicted octanol–water partition coefficient (Wildman–Crippen LogP) is 1.28. The Morgan fingerprint density at radius 2 is 1.80 bits per heavy atom. The molecule has 2 bridgehead atoms. The summed E-state index contributed by atoms with van der Waals surface area (Å²) in [4.78, 5) is 21.9. The number of carbonyl (C=O) groups is 2. The summed E-state index contributed by atoms with van der Waals surface area (Å²) in [5.41, 5.74) is 10.2. The van der Waals surface area contributed by atoms with E-state index in [9.17, 15) is 9.59 Å². The Hall–Kier alpha value is -0.910. The molecule has 2 fully saturated rings. The average Bonchev–Trinajstić information content (AvgIpc) is 2.73. The Balaban J connectivity index is 1.95. The highest BCUT2D eigenvalue weighted by molar-refractivity contribution is 7.98. The van der Waals surface area contributed by atoms with E-state index in [1.807, 2.05) is 0 Å². The zero-order chi connectivity index (χ0) is 11.0. The van der Waals surface area contributed by atoms with Crippen LogP contribution in [0.25, 0.3) is 0 Å². The van der Waals surface area contributed by atoms with Gasteiger partial charge < -0.3 is 11.5 Å². The Bertz CT molecular complexity index is 283. The van der Waals surface area contributed by atoms with Crippen LogP contribution >= 0.6 is 11.9 Å². The number of primary amides is 2. The van der Waals surface area contributed by atoms with Crippen LogP contribution in [0, 0.1) is 11.8 Å². The molecule has 0 spiro atoms. The van der Waals surface area contributed by atoms with Crippen LogP contribution in [0.3, 0.4) is 0 Å². The summed E-state index contributed by atoms with van der Waals surface area (Å²) < 4.78 is 0.880. The summed E-state index contributed by atoms with van der Waals surface area (Å²) in [7, 11) is 0. The predicted molar refractivity (Wildman–Crippen MR) is 57.8 cm³/mol. The van der Waals surface area contributed by atoms with Gasteiger partial charge in [0.05, 0.1) is 0 Å². The Labute approximate surface area is 92.7 Å². The number of hydrogen-bond acceptors (Lipinski definition) is 3. The van der Waals surface area contributed by atoms with Crippen LogP contribution in [0.4, 0.5) is 9.59 Å². The normalized spacial score (nSPS) is 32.9. The van der Waals surface area contributed by atoms with Crippen molar-refractivity contribution in [1.29, 1.82) is 0 Å². The van der Waals surface area contributed by atoms with Crippen molar-refractivity contribution in [3.63, 3.8) is 0 Å².